The molecule has 1 unspecified atom stereocenters. The maximum atomic E-state index is 5.39. The van der Waals surface area contributed by atoms with Gasteiger partial charge < -0.3 is 4.42 Å². The van der Waals surface area contributed by atoms with Crippen molar-refractivity contribution in [3.8, 4) is 0 Å². The summed E-state index contributed by atoms with van der Waals surface area (Å²) in [5.41, 5.74) is 1.23. The number of hydrogen-bond acceptors (Lipinski definition) is 2. The molecule has 62 valence electrons. The van der Waals surface area contributed by atoms with Crippen molar-refractivity contribution >= 4 is 12.6 Å². The van der Waals surface area contributed by atoms with Gasteiger partial charge in [0.15, 0.2) is 0 Å². The van der Waals surface area contributed by atoms with Gasteiger partial charge in [-0.15, -0.1) is 0 Å². The van der Waals surface area contributed by atoms with Gasteiger partial charge in [-0.05, 0) is 26.3 Å². The first-order chi connectivity index (χ1) is 5.15. The largest absolute Gasteiger partial charge is 0.466 e. The number of thiol groups is 1. The van der Waals surface area contributed by atoms with Gasteiger partial charge in [0.25, 0.3) is 0 Å². The highest BCUT2D eigenvalue weighted by atomic mass is 32.1. The van der Waals surface area contributed by atoms with Crippen LogP contribution in [0.5, 0.6) is 0 Å². The topological polar surface area (TPSA) is 13.1 Å². The Morgan fingerprint density at radius 1 is 1.55 bits per heavy atom. The molecule has 0 aromatic carbocycles. The van der Waals surface area contributed by atoms with E-state index in [1.807, 2.05) is 13.8 Å². The van der Waals surface area contributed by atoms with E-state index in [1.165, 1.54) is 5.56 Å². The van der Waals surface area contributed by atoms with E-state index in [2.05, 4.69) is 25.6 Å². The molecule has 0 aliphatic carbocycles. The van der Waals surface area contributed by atoms with Crippen molar-refractivity contribution in [2.24, 2.45) is 0 Å². The Bertz CT molecular complexity index is 240. The zero-order valence-electron chi connectivity index (χ0n) is 7.22. The molecule has 0 aliphatic rings. The van der Waals surface area contributed by atoms with Crippen LogP contribution < -0.4 is 0 Å². The third-order valence-electron chi connectivity index (χ3n) is 1.83. The van der Waals surface area contributed by atoms with Crippen LogP contribution in [0.15, 0.2) is 10.5 Å². The molecular weight excluding hydrogens is 156 g/mol. The molecule has 1 rings (SSSR count). The second-order valence-corrected chi connectivity index (χ2v) is 3.42. The standard InChI is InChI=1S/C9H14OS/c1-4-9(11)8-5-6(2)10-7(8)3/h5,9,11H,4H2,1-3H3. The van der Waals surface area contributed by atoms with E-state index in [0.717, 1.165) is 17.9 Å². The average Bonchev–Trinajstić information content (AvgIpc) is 2.28. The highest BCUT2D eigenvalue weighted by Crippen LogP contribution is 2.28. The summed E-state index contributed by atoms with van der Waals surface area (Å²) in [6.45, 7) is 6.08. The van der Waals surface area contributed by atoms with Crippen LogP contribution in [0.25, 0.3) is 0 Å². The predicted molar refractivity (Wildman–Crippen MR) is 50.2 cm³/mol. The molecule has 0 aliphatic heterocycles. The van der Waals surface area contributed by atoms with Crippen LogP contribution in [0.4, 0.5) is 0 Å². The minimum atomic E-state index is 0.326. The maximum Gasteiger partial charge on any atom is 0.105 e. The van der Waals surface area contributed by atoms with Crippen molar-refractivity contribution in [2.45, 2.75) is 32.4 Å². The Hall–Kier alpha value is -0.370. The fourth-order valence-electron chi connectivity index (χ4n) is 1.20. The van der Waals surface area contributed by atoms with Crippen molar-refractivity contribution in [3.05, 3.63) is 23.2 Å². The second kappa shape index (κ2) is 3.35. The number of rotatable bonds is 2. The highest BCUT2D eigenvalue weighted by Gasteiger charge is 2.10. The van der Waals surface area contributed by atoms with Gasteiger partial charge in [-0.3, -0.25) is 0 Å². The average molecular weight is 170 g/mol. The Balaban J connectivity index is 2.93. The quantitative estimate of drug-likeness (QED) is 0.672. The summed E-state index contributed by atoms with van der Waals surface area (Å²) in [5, 5.41) is 0.326. The van der Waals surface area contributed by atoms with E-state index in [-0.39, 0.29) is 0 Å². The summed E-state index contributed by atoms with van der Waals surface area (Å²) >= 11 is 4.44. The molecule has 1 aromatic heterocycles. The Kier molecular flexibility index (Phi) is 2.66. The lowest BCUT2D eigenvalue weighted by atomic mass is 10.1. The Labute approximate surface area is 73.2 Å². The molecule has 0 fully saturated rings. The summed E-state index contributed by atoms with van der Waals surface area (Å²) in [4.78, 5) is 0. The predicted octanol–water partition coefficient (Wildman–Crippen LogP) is 3.28. The van der Waals surface area contributed by atoms with E-state index in [0.29, 0.717) is 5.25 Å². The van der Waals surface area contributed by atoms with Crippen molar-refractivity contribution in [3.63, 3.8) is 0 Å². The zero-order chi connectivity index (χ0) is 8.43. The molecule has 1 atom stereocenters. The van der Waals surface area contributed by atoms with Crippen LogP contribution in [0.1, 0.15) is 35.7 Å². The van der Waals surface area contributed by atoms with Gasteiger partial charge in [0, 0.05) is 10.8 Å². The van der Waals surface area contributed by atoms with Gasteiger partial charge >= 0.3 is 0 Å². The van der Waals surface area contributed by atoms with E-state index >= 15 is 0 Å². The van der Waals surface area contributed by atoms with Crippen LogP contribution in [0.3, 0.4) is 0 Å². The van der Waals surface area contributed by atoms with E-state index in [9.17, 15) is 0 Å². The van der Waals surface area contributed by atoms with Gasteiger partial charge in [0.1, 0.15) is 11.5 Å². The summed E-state index contributed by atoms with van der Waals surface area (Å²) in [6, 6.07) is 2.07. The summed E-state index contributed by atoms with van der Waals surface area (Å²) in [5.74, 6) is 1.98. The van der Waals surface area contributed by atoms with E-state index < -0.39 is 0 Å². The molecule has 1 heterocycles. The molecule has 0 bridgehead atoms. The van der Waals surface area contributed by atoms with E-state index in [1.54, 1.807) is 0 Å². The van der Waals surface area contributed by atoms with Crippen molar-refractivity contribution in [2.75, 3.05) is 0 Å². The highest BCUT2D eigenvalue weighted by molar-refractivity contribution is 7.80. The normalized spacial score (nSPS) is 13.5. The molecule has 0 N–H and O–H groups in total. The number of aryl methyl sites for hydroxylation is 2. The minimum absolute atomic E-state index is 0.326. The Morgan fingerprint density at radius 3 is 2.55 bits per heavy atom. The van der Waals surface area contributed by atoms with Crippen molar-refractivity contribution in [1.82, 2.24) is 0 Å². The summed E-state index contributed by atoms with van der Waals surface area (Å²) in [6.07, 6.45) is 1.04. The molecule has 0 saturated heterocycles. The molecular formula is C9H14OS. The van der Waals surface area contributed by atoms with Crippen LogP contribution >= 0.6 is 12.6 Å². The lowest BCUT2D eigenvalue weighted by Crippen LogP contribution is -1.86. The first-order valence-corrected chi connectivity index (χ1v) is 4.41. The first kappa shape index (κ1) is 8.72. The van der Waals surface area contributed by atoms with Crippen LogP contribution in [0, 0.1) is 13.8 Å². The van der Waals surface area contributed by atoms with E-state index in [4.69, 9.17) is 4.42 Å². The first-order valence-electron chi connectivity index (χ1n) is 3.90. The molecule has 1 aromatic rings. The smallest absolute Gasteiger partial charge is 0.105 e. The molecule has 2 heteroatoms. The fraction of sp³-hybridized carbons (Fsp3) is 0.556. The molecule has 0 amide bonds. The third-order valence-corrected chi connectivity index (χ3v) is 2.47. The van der Waals surface area contributed by atoms with Gasteiger partial charge in [-0.25, -0.2) is 0 Å². The van der Waals surface area contributed by atoms with Crippen LogP contribution in [0.2, 0.25) is 0 Å². The summed E-state index contributed by atoms with van der Waals surface area (Å²) < 4.78 is 5.39. The summed E-state index contributed by atoms with van der Waals surface area (Å²) in [7, 11) is 0. The molecule has 0 saturated carbocycles. The van der Waals surface area contributed by atoms with Gasteiger partial charge in [-0.1, -0.05) is 6.92 Å². The third kappa shape index (κ3) is 1.80. The maximum absolute atomic E-state index is 5.39. The van der Waals surface area contributed by atoms with Crippen LogP contribution in [-0.4, -0.2) is 0 Å². The Morgan fingerprint density at radius 2 is 2.18 bits per heavy atom. The van der Waals surface area contributed by atoms with Crippen LogP contribution in [-0.2, 0) is 0 Å². The van der Waals surface area contributed by atoms with Crippen molar-refractivity contribution < 1.29 is 4.42 Å². The molecule has 0 spiro atoms. The fourth-order valence-corrected chi connectivity index (χ4v) is 1.46. The minimum Gasteiger partial charge on any atom is -0.466 e. The number of furan rings is 1. The van der Waals surface area contributed by atoms with Gasteiger partial charge in [-0.2, -0.15) is 12.6 Å². The molecule has 0 radical (unpaired) electrons. The number of hydrogen-bond donors (Lipinski definition) is 1. The zero-order valence-corrected chi connectivity index (χ0v) is 8.11. The molecule has 1 nitrogen and oxygen atoms in total. The lowest BCUT2D eigenvalue weighted by Gasteiger charge is -2.04. The SMILES string of the molecule is CCC(S)c1cc(C)oc1C. The monoisotopic (exact) mass is 170 g/mol. The second-order valence-electron chi connectivity index (χ2n) is 2.79. The molecule has 11 heavy (non-hydrogen) atoms. The van der Waals surface area contributed by atoms with Gasteiger partial charge in [0.05, 0.1) is 0 Å². The lowest BCUT2D eigenvalue weighted by molar-refractivity contribution is 0.500. The van der Waals surface area contributed by atoms with Gasteiger partial charge in [0.2, 0.25) is 0 Å². The van der Waals surface area contributed by atoms with Crippen molar-refractivity contribution in [1.29, 1.82) is 0 Å².